The number of halogens is 3. The van der Waals surface area contributed by atoms with Gasteiger partial charge in [0.2, 0.25) is 5.15 Å². The highest BCUT2D eigenvalue weighted by atomic mass is 35.5. The highest BCUT2D eigenvalue weighted by molar-refractivity contribution is 7.92. The van der Waals surface area contributed by atoms with Gasteiger partial charge in [0.25, 0.3) is 0 Å². The lowest BCUT2D eigenvalue weighted by Gasteiger charge is -2.15. The number of aromatic nitrogens is 2. The molecule has 26 heavy (non-hydrogen) atoms. The number of hydrogen-bond acceptors (Lipinski definition) is 7. The lowest BCUT2D eigenvalue weighted by molar-refractivity contribution is -0.386. The van der Waals surface area contributed by atoms with Crippen LogP contribution in [0.5, 0.6) is 0 Å². The maximum Gasteiger partial charge on any atom is 0.329 e. The van der Waals surface area contributed by atoms with Crippen molar-refractivity contribution in [3.8, 4) is 0 Å². The van der Waals surface area contributed by atoms with E-state index in [1.807, 2.05) is 0 Å². The molecular weight excluding hydrogens is 394 g/mol. The van der Waals surface area contributed by atoms with Gasteiger partial charge in [-0.25, -0.2) is 27.2 Å². The number of nitro groups is 1. The van der Waals surface area contributed by atoms with E-state index >= 15 is 0 Å². The Morgan fingerprint density at radius 2 is 2.00 bits per heavy atom. The van der Waals surface area contributed by atoms with Gasteiger partial charge in [-0.15, -0.1) is 0 Å². The summed E-state index contributed by atoms with van der Waals surface area (Å²) in [5, 5.41) is 8.86. The predicted molar refractivity (Wildman–Crippen MR) is 89.1 cm³/mol. The first kappa shape index (κ1) is 19.8. The van der Waals surface area contributed by atoms with Crippen LogP contribution in [-0.4, -0.2) is 36.6 Å². The van der Waals surface area contributed by atoms with Crippen LogP contribution >= 0.6 is 11.6 Å². The first-order valence-corrected chi connectivity index (χ1v) is 8.81. The van der Waals surface area contributed by atoms with Crippen LogP contribution < -0.4 is 0 Å². The molecule has 2 aromatic rings. The molecule has 0 saturated carbocycles. The minimum Gasteiger partial charge on any atom is -0.299 e. The van der Waals surface area contributed by atoms with Crippen molar-refractivity contribution in [2.24, 2.45) is 4.99 Å². The van der Waals surface area contributed by atoms with Gasteiger partial charge in [0, 0.05) is 13.3 Å². The van der Waals surface area contributed by atoms with E-state index in [0.717, 1.165) is 12.3 Å². The lowest BCUT2D eigenvalue weighted by atomic mass is 10.2. The average Bonchev–Trinajstić information content (AvgIpc) is 2.53. The Morgan fingerprint density at radius 3 is 2.58 bits per heavy atom. The summed E-state index contributed by atoms with van der Waals surface area (Å²) in [7, 11) is -3.46. The maximum absolute atomic E-state index is 14.0. The molecule has 1 aromatic heterocycles. The first-order valence-electron chi connectivity index (χ1n) is 6.89. The predicted octanol–water partition coefficient (Wildman–Crippen LogP) is 2.84. The third kappa shape index (κ3) is 3.68. The quantitative estimate of drug-likeness (QED) is 0.327. The molecular formula is C14H11ClF2N4O4S. The number of benzene rings is 1. The molecule has 0 bridgehead atoms. The zero-order chi connectivity index (χ0) is 19.6. The van der Waals surface area contributed by atoms with Crippen molar-refractivity contribution in [3.05, 3.63) is 56.6 Å². The summed E-state index contributed by atoms with van der Waals surface area (Å²) in [6.45, 7) is 1.34. The zero-order valence-electron chi connectivity index (χ0n) is 13.4. The van der Waals surface area contributed by atoms with E-state index in [4.69, 9.17) is 11.6 Å². The number of sulfone groups is 1. The smallest absolute Gasteiger partial charge is 0.299 e. The normalized spacial score (nSPS) is 13.1. The second-order valence-electron chi connectivity index (χ2n) is 5.00. The monoisotopic (exact) mass is 404 g/mol. The highest BCUT2D eigenvalue weighted by Gasteiger charge is 2.38. The van der Waals surface area contributed by atoms with Crippen LogP contribution in [0.2, 0.25) is 5.15 Å². The van der Waals surface area contributed by atoms with E-state index in [-0.39, 0.29) is 5.82 Å². The van der Waals surface area contributed by atoms with Crippen LogP contribution in [0, 0.1) is 28.7 Å². The van der Waals surface area contributed by atoms with Gasteiger partial charge < -0.3 is 0 Å². The lowest BCUT2D eigenvalue weighted by Crippen LogP contribution is -2.20. The fraction of sp³-hybridized carbons (Fsp3) is 0.214. The van der Waals surface area contributed by atoms with E-state index in [0.29, 0.717) is 12.1 Å². The van der Waals surface area contributed by atoms with Crippen LogP contribution in [0.15, 0.2) is 28.1 Å². The third-order valence-corrected chi connectivity index (χ3v) is 5.45. The highest BCUT2D eigenvalue weighted by Crippen LogP contribution is 2.36. The third-order valence-electron chi connectivity index (χ3n) is 3.25. The van der Waals surface area contributed by atoms with Crippen LogP contribution in [0.25, 0.3) is 0 Å². The molecule has 0 saturated heterocycles. The number of nitrogens with zero attached hydrogens (tertiary/aromatic N) is 4. The molecule has 0 aliphatic heterocycles. The zero-order valence-corrected chi connectivity index (χ0v) is 14.9. The Labute approximate surface area is 151 Å². The summed E-state index contributed by atoms with van der Waals surface area (Å²) in [5.74, 6) is -2.26. The van der Waals surface area contributed by atoms with Gasteiger partial charge in [0.1, 0.15) is 33.3 Å². The number of hydrogen-bond donors (Lipinski definition) is 0. The summed E-state index contributed by atoms with van der Waals surface area (Å²) in [6.07, 6.45) is 0.824. The summed E-state index contributed by atoms with van der Waals surface area (Å²) in [6, 6.07) is 1.85. The largest absolute Gasteiger partial charge is 0.329 e. The van der Waals surface area contributed by atoms with Crippen LogP contribution in [0.1, 0.15) is 16.8 Å². The van der Waals surface area contributed by atoms with Gasteiger partial charge in [-0.1, -0.05) is 11.6 Å². The Bertz CT molecular complexity index is 1010. The molecule has 2 rings (SSSR count). The molecule has 12 heteroatoms. The molecule has 1 unspecified atom stereocenters. The van der Waals surface area contributed by atoms with Crippen molar-refractivity contribution in [2.45, 2.75) is 17.1 Å². The second-order valence-corrected chi connectivity index (χ2v) is 7.40. The molecule has 0 aliphatic rings. The second kappa shape index (κ2) is 7.38. The van der Waals surface area contributed by atoms with E-state index in [2.05, 4.69) is 15.0 Å². The Kier molecular flexibility index (Phi) is 5.62. The molecule has 8 nitrogen and oxygen atoms in total. The fourth-order valence-electron chi connectivity index (χ4n) is 2.19. The Morgan fingerprint density at radius 1 is 1.35 bits per heavy atom. The van der Waals surface area contributed by atoms with Gasteiger partial charge in [0.15, 0.2) is 9.84 Å². The van der Waals surface area contributed by atoms with Gasteiger partial charge in [0.05, 0.1) is 4.92 Å². The number of aliphatic imine (C=N–C) groups is 1. The molecule has 0 N–H and O–H groups in total. The minimum atomic E-state index is -4.68. The van der Waals surface area contributed by atoms with E-state index in [9.17, 15) is 27.3 Å². The molecule has 0 amide bonds. The summed E-state index contributed by atoms with van der Waals surface area (Å²) in [5.41, 5.74) is -1.45. The molecule has 1 atom stereocenters. The molecule has 0 spiro atoms. The molecule has 0 aliphatic carbocycles. The molecule has 1 heterocycles. The standard InChI is InChI=1S/C14H11ClF2N4O4S/c1-7-19-12(13(21(22)23)14(15)20-7)11(6-18-2)26(24,25)10-5-8(16)3-4-9(10)17/h3-6,11H,1-2H3. The summed E-state index contributed by atoms with van der Waals surface area (Å²) < 4.78 is 53.2. The van der Waals surface area contributed by atoms with Crippen LogP contribution in [-0.2, 0) is 9.84 Å². The maximum atomic E-state index is 14.0. The van der Waals surface area contributed by atoms with E-state index in [1.54, 1.807) is 0 Å². The van der Waals surface area contributed by atoms with Gasteiger partial charge in [-0.05, 0) is 25.1 Å². The van der Waals surface area contributed by atoms with Crippen LogP contribution in [0.3, 0.4) is 0 Å². The summed E-state index contributed by atoms with van der Waals surface area (Å²) >= 11 is 5.76. The topological polar surface area (TPSA) is 115 Å². The fourth-order valence-corrected chi connectivity index (χ4v) is 4.10. The van der Waals surface area contributed by atoms with E-state index < -0.39 is 53.1 Å². The van der Waals surface area contributed by atoms with Crippen molar-refractivity contribution in [2.75, 3.05) is 7.05 Å². The van der Waals surface area contributed by atoms with Gasteiger partial charge >= 0.3 is 5.69 Å². The Hall–Kier alpha value is -2.53. The summed E-state index contributed by atoms with van der Waals surface area (Å²) in [4.78, 5) is 20.4. The molecule has 0 fully saturated rings. The molecule has 138 valence electrons. The van der Waals surface area contributed by atoms with Crippen molar-refractivity contribution >= 4 is 33.3 Å². The van der Waals surface area contributed by atoms with E-state index in [1.165, 1.54) is 14.0 Å². The van der Waals surface area contributed by atoms with Crippen molar-refractivity contribution in [1.82, 2.24) is 9.97 Å². The average molecular weight is 405 g/mol. The first-order chi connectivity index (χ1) is 12.1. The van der Waals surface area contributed by atoms with Crippen molar-refractivity contribution in [1.29, 1.82) is 0 Å². The Balaban J connectivity index is 2.83. The molecule has 0 radical (unpaired) electrons. The van der Waals surface area contributed by atoms with Crippen molar-refractivity contribution in [3.63, 3.8) is 0 Å². The number of aryl methyl sites for hydroxylation is 1. The van der Waals surface area contributed by atoms with Crippen LogP contribution in [0.4, 0.5) is 14.5 Å². The minimum absolute atomic E-state index is 0.0417. The molecule has 1 aromatic carbocycles. The van der Waals surface area contributed by atoms with Crippen molar-refractivity contribution < 1.29 is 22.1 Å². The SMILES string of the molecule is CN=CC(c1nc(C)nc(Cl)c1[N+](=O)[O-])S(=O)(=O)c1cc(F)ccc1F. The van der Waals surface area contributed by atoms with Gasteiger partial charge in [-0.3, -0.25) is 15.1 Å². The van der Waals surface area contributed by atoms with Gasteiger partial charge in [-0.2, -0.15) is 0 Å². The number of rotatable bonds is 5.